The van der Waals surface area contributed by atoms with Crippen molar-refractivity contribution in [2.75, 3.05) is 24.5 Å². The number of anilines is 1. The maximum atomic E-state index is 13.3. The van der Waals surface area contributed by atoms with Gasteiger partial charge < -0.3 is 4.90 Å². The fourth-order valence-corrected chi connectivity index (χ4v) is 5.84. The maximum absolute atomic E-state index is 13.3. The largest absolute Gasteiger partial charge is 0.357 e. The van der Waals surface area contributed by atoms with Crippen LogP contribution in [0.1, 0.15) is 48.4 Å². The third kappa shape index (κ3) is 4.68. The monoisotopic (exact) mass is 492 g/mol. The van der Waals surface area contributed by atoms with Crippen LogP contribution in [-0.4, -0.2) is 39.3 Å². The first-order valence-electron chi connectivity index (χ1n) is 11.7. The highest BCUT2D eigenvalue weighted by Gasteiger charge is 2.33. The highest BCUT2D eigenvalue weighted by atomic mass is 32.2. The van der Waals surface area contributed by atoms with Crippen LogP contribution in [0, 0.1) is 18.3 Å². The second-order valence-corrected chi connectivity index (χ2v) is 10.2. The zero-order chi connectivity index (χ0) is 24.2. The highest BCUT2D eigenvalue weighted by Crippen LogP contribution is 2.36. The first-order chi connectivity index (χ1) is 16.5. The van der Waals surface area contributed by atoms with E-state index in [1.165, 1.54) is 11.8 Å². The van der Waals surface area contributed by atoms with E-state index in [0.717, 1.165) is 55.7 Å². The lowest BCUT2D eigenvalue weighted by molar-refractivity contribution is -0.122. The van der Waals surface area contributed by atoms with Crippen LogP contribution in [0.3, 0.4) is 0 Å². The summed E-state index contributed by atoms with van der Waals surface area (Å²) in [6.07, 6.45) is 5.45. The molecule has 2 aliphatic heterocycles. The number of carbonyl (C=O) groups excluding carboxylic acids is 1. The molecular weight excluding hydrogens is 464 g/mol. The highest BCUT2D eigenvalue weighted by molar-refractivity contribution is 8.26. The van der Waals surface area contributed by atoms with Crippen molar-refractivity contribution in [3.8, 4) is 6.07 Å². The van der Waals surface area contributed by atoms with Crippen molar-refractivity contribution in [2.24, 2.45) is 0 Å². The third-order valence-corrected chi connectivity index (χ3v) is 7.69. The van der Waals surface area contributed by atoms with Gasteiger partial charge in [-0.05, 0) is 49.8 Å². The Balaban J connectivity index is 1.75. The van der Waals surface area contributed by atoms with Gasteiger partial charge >= 0.3 is 0 Å². The number of pyridine rings is 1. The Bertz CT molecular complexity index is 1240. The molecular formula is C26H28N4O2S2. The molecule has 0 N–H and O–H groups in total. The Morgan fingerprint density at radius 1 is 1.15 bits per heavy atom. The van der Waals surface area contributed by atoms with Crippen LogP contribution < -0.4 is 10.5 Å². The van der Waals surface area contributed by atoms with Gasteiger partial charge in [-0.15, -0.1) is 0 Å². The number of nitriles is 1. The molecule has 0 bridgehead atoms. The Morgan fingerprint density at radius 3 is 2.50 bits per heavy atom. The molecule has 1 amide bonds. The van der Waals surface area contributed by atoms with Gasteiger partial charge in [0.1, 0.15) is 21.8 Å². The molecule has 0 unspecified atom stereocenters. The number of hydrogen-bond acceptors (Lipinski definition) is 6. The Kier molecular flexibility index (Phi) is 7.54. The second kappa shape index (κ2) is 10.6. The molecule has 34 heavy (non-hydrogen) atoms. The number of benzene rings is 1. The van der Waals surface area contributed by atoms with E-state index >= 15 is 0 Å². The van der Waals surface area contributed by atoms with Crippen LogP contribution >= 0.6 is 24.0 Å². The third-order valence-electron chi connectivity index (χ3n) is 6.32. The second-order valence-electron chi connectivity index (χ2n) is 8.57. The topological polar surface area (TPSA) is 69.3 Å². The van der Waals surface area contributed by atoms with Crippen molar-refractivity contribution >= 4 is 46.1 Å². The van der Waals surface area contributed by atoms with Crippen LogP contribution in [0.5, 0.6) is 0 Å². The minimum Gasteiger partial charge on any atom is -0.357 e. The summed E-state index contributed by atoms with van der Waals surface area (Å²) in [5.41, 5.74) is 2.43. The molecule has 3 heterocycles. The van der Waals surface area contributed by atoms with Crippen LogP contribution in [0.4, 0.5) is 5.82 Å². The Hall–Kier alpha value is -2.89. The lowest BCUT2D eigenvalue weighted by Gasteiger charge is -2.26. The Morgan fingerprint density at radius 2 is 1.85 bits per heavy atom. The molecule has 2 aliphatic rings. The molecule has 4 rings (SSSR count). The van der Waals surface area contributed by atoms with Gasteiger partial charge in [-0.2, -0.15) is 5.26 Å². The standard InChI is InChI=1S/C26H28N4O2S2/c1-3-12-29-23(28-13-7-8-14-28)20(18(2)21(17-27)24(29)31)16-22-25(32)30(26(33)34-22)15-11-19-9-5-4-6-10-19/h4-6,9-10,16H,3,7-8,11-15H2,1-2H3/b22-16+. The maximum Gasteiger partial charge on any atom is 0.270 e. The van der Waals surface area contributed by atoms with Gasteiger partial charge in [0.25, 0.3) is 11.5 Å². The SMILES string of the molecule is CCCn1c(N2CCCC2)c(/C=C2/SC(=S)N(CCc3ccccc3)C2=O)c(C)c(C#N)c1=O. The molecule has 2 saturated heterocycles. The molecule has 0 spiro atoms. The number of rotatable bonds is 7. The molecule has 6 nitrogen and oxygen atoms in total. The zero-order valence-corrected chi connectivity index (χ0v) is 21.2. The van der Waals surface area contributed by atoms with Crippen molar-refractivity contribution in [2.45, 2.75) is 46.1 Å². The predicted molar refractivity (Wildman–Crippen MR) is 142 cm³/mol. The van der Waals surface area contributed by atoms with E-state index in [1.807, 2.05) is 43.3 Å². The van der Waals surface area contributed by atoms with Crippen LogP contribution in [0.2, 0.25) is 0 Å². The minimum atomic E-state index is -0.253. The van der Waals surface area contributed by atoms with E-state index in [4.69, 9.17) is 12.2 Å². The smallest absolute Gasteiger partial charge is 0.270 e. The van der Waals surface area contributed by atoms with Gasteiger partial charge in [-0.25, -0.2) is 0 Å². The summed E-state index contributed by atoms with van der Waals surface area (Å²) in [6.45, 7) is 6.57. The fraction of sp³-hybridized carbons (Fsp3) is 0.385. The number of amides is 1. The van der Waals surface area contributed by atoms with E-state index < -0.39 is 0 Å². The van der Waals surface area contributed by atoms with Gasteiger partial charge in [0, 0.05) is 31.7 Å². The van der Waals surface area contributed by atoms with Gasteiger partial charge in [-0.3, -0.25) is 19.1 Å². The quantitative estimate of drug-likeness (QED) is 0.419. The lowest BCUT2D eigenvalue weighted by Crippen LogP contribution is -2.33. The number of thioether (sulfide) groups is 1. The minimum absolute atomic E-state index is 0.121. The summed E-state index contributed by atoms with van der Waals surface area (Å²) in [5, 5.41) is 9.75. The number of aromatic nitrogens is 1. The van der Waals surface area contributed by atoms with E-state index in [9.17, 15) is 14.9 Å². The molecule has 0 aliphatic carbocycles. The summed E-state index contributed by atoms with van der Waals surface area (Å²) in [6, 6.07) is 12.1. The van der Waals surface area contributed by atoms with E-state index in [0.29, 0.717) is 27.9 Å². The summed E-state index contributed by atoms with van der Waals surface area (Å²) in [7, 11) is 0. The molecule has 1 aromatic carbocycles. The normalized spacial score (nSPS) is 17.1. The molecule has 0 radical (unpaired) electrons. The number of thiocarbonyl (C=S) groups is 1. The number of hydrogen-bond donors (Lipinski definition) is 0. The van der Waals surface area contributed by atoms with Crippen LogP contribution in [0.15, 0.2) is 40.0 Å². The van der Waals surface area contributed by atoms with Gasteiger partial charge in [0.05, 0.1) is 4.91 Å². The zero-order valence-electron chi connectivity index (χ0n) is 19.5. The first kappa shape index (κ1) is 24.2. The predicted octanol–water partition coefficient (Wildman–Crippen LogP) is 4.48. The summed E-state index contributed by atoms with van der Waals surface area (Å²) >= 11 is 6.83. The molecule has 0 atom stereocenters. The average molecular weight is 493 g/mol. The van der Waals surface area contributed by atoms with Crippen molar-refractivity contribution in [3.05, 3.63) is 67.8 Å². The van der Waals surface area contributed by atoms with Crippen LogP contribution in [-0.2, 0) is 17.8 Å². The fourth-order valence-electron chi connectivity index (χ4n) is 4.55. The number of carbonyl (C=O) groups is 1. The van der Waals surface area contributed by atoms with Crippen LogP contribution in [0.25, 0.3) is 6.08 Å². The van der Waals surface area contributed by atoms with E-state index in [2.05, 4.69) is 11.0 Å². The van der Waals surface area contributed by atoms with Gasteiger partial charge in [-0.1, -0.05) is 61.2 Å². The van der Waals surface area contributed by atoms with Gasteiger partial charge in [0.15, 0.2) is 0 Å². The van der Waals surface area contributed by atoms with Crippen molar-refractivity contribution in [1.82, 2.24) is 9.47 Å². The average Bonchev–Trinajstić information content (AvgIpc) is 3.45. The summed E-state index contributed by atoms with van der Waals surface area (Å²) in [5.74, 6) is 0.694. The Labute approximate surface area is 209 Å². The summed E-state index contributed by atoms with van der Waals surface area (Å²) in [4.78, 5) is 30.9. The molecule has 2 fully saturated rings. The van der Waals surface area contributed by atoms with E-state index in [1.54, 1.807) is 16.4 Å². The van der Waals surface area contributed by atoms with Gasteiger partial charge in [0.2, 0.25) is 0 Å². The van der Waals surface area contributed by atoms with E-state index in [-0.39, 0.29) is 17.0 Å². The van der Waals surface area contributed by atoms with Crippen molar-refractivity contribution < 1.29 is 4.79 Å². The lowest BCUT2D eigenvalue weighted by atomic mass is 10.0. The molecule has 1 aromatic heterocycles. The summed E-state index contributed by atoms with van der Waals surface area (Å²) < 4.78 is 2.26. The van der Waals surface area contributed by atoms with Crippen molar-refractivity contribution in [1.29, 1.82) is 5.26 Å². The first-order valence-corrected chi connectivity index (χ1v) is 12.9. The van der Waals surface area contributed by atoms with Crippen molar-refractivity contribution in [3.63, 3.8) is 0 Å². The number of nitrogens with zero attached hydrogens (tertiary/aromatic N) is 4. The molecule has 2 aromatic rings. The molecule has 0 saturated carbocycles. The molecule has 8 heteroatoms. The molecule has 176 valence electrons.